The maximum Gasteiger partial charge on any atom is 0.231 e. The average molecular weight is 549 g/mol. The Labute approximate surface area is 239 Å². The van der Waals surface area contributed by atoms with E-state index in [1.807, 2.05) is 6.92 Å². The maximum absolute atomic E-state index is 5.58. The van der Waals surface area contributed by atoms with Crippen LogP contribution in [0, 0.1) is 6.92 Å². The van der Waals surface area contributed by atoms with Gasteiger partial charge in [0, 0.05) is 47.3 Å². The summed E-state index contributed by atoms with van der Waals surface area (Å²) in [5, 5.41) is 7.70. The van der Waals surface area contributed by atoms with Gasteiger partial charge in [-0.15, -0.1) is 0 Å². The molecule has 0 aliphatic carbocycles. The number of morpholine rings is 1. The lowest BCUT2D eigenvalue weighted by Gasteiger charge is -2.52. The van der Waals surface area contributed by atoms with E-state index in [0.717, 1.165) is 63.2 Å². The zero-order valence-corrected chi connectivity index (χ0v) is 25.1. The molecule has 4 rings (SSSR count). The van der Waals surface area contributed by atoms with Gasteiger partial charge in [0.1, 0.15) is 5.82 Å². The van der Waals surface area contributed by atoms with Crippen LogP contribution in [0.1, 0.15) is 102 Å². The number of aromatic nitrogens is 3. The van der Waals surface area contributed by atoms with Gasteiger partial charge in [-0.25, -0.2) is 0 Å². The van der Waals surface area contributed by atoms with E-state index >= 15 is 0 Å². The molecule has 0 aromatic carbocycles. The van der Waals surface area contributed by atoms with Crippen molar-refractivity contribution in [3.05, 3.63) is 5.82 Å². The van der Waals surface area contributed by atoms with Gasteiger partial charge in [-0.3, -0.25) is 4.90 Å². The lowest BCUT2D eigenvalue weighted by Crippen LogP contribution is -2.65. The number of rotatable bonds is 6. The van der Waals surface area contributed by atoms with E-state index in [1.54, 1.807) is 0 Å². The zero-order valence-electron chi connectivity index (χ0n) is 25.1. The Bertz CT molecular complexity index is 909. The summed E-state index contributed by atoms with van der Waals surface area (Å²) < 4.78 is 5.58. The van der Waals surface area contributed by atoms with Crippen LogP contribution in [-0.2, 0) is 4.74 Å². The fraction of sp³-hybridized carbons (Fsp3) is 0.900. The van der Waals surface area contributed by atoms with Gasteiger partial charge in [-0.05, 0) is 95.0 Å². The third-order valence-electron chi connectivity index (χ3n) is 8.05. The van der Waals surface area contributed by atoms with E-state index in [0.29, 0.717) is 25.3 Å². The van der Waals surface area contributed by atoms with Crippen LogP contribution in [0.4, 0.5) is 11.9 Å². The number of ether oxygens (including phenoxy) is 1. The summed E-state index contributed by atoms with van der Waals surface area (Å²) in [7, 11) is 2.28. The molecule has 226 valence electrons. The first kappa shape index (κ1) is 33.7. The van der Waals surface area contributed by atoms with E-state index in [4.69, 9.17) is 19.7 Å². The van der Waals surface area contributed by atoms with Gasteiger partial charge in [-0.2, -0.15) is 15.0 Å². The molecule has 0 amide bonds. The van der Waals surface area contributed by atoms with Gasteiger partial charge in [-0.1, -0.05) is 14.9 Å². The summed E-state index contributed by atoms with van der Waals surface area (Å²) in [6.45, 7) is 24.4. The molecule has 4 heterocycles. The highest BCUT2D eigenvalue weighted by Crippen LogP contribution is 2.35. The van der Waals surface area contributed by atoms with E-state index in [2.05, 4.69) is 87.8 Å². The molecule has 0 radical (unpaired) electrons. The van der Waals surface area contributed by atoms with Crippen LogP contribution in [-0.4, -0.2) is 94.1 Å². The van der Waals surface area contributed by atoms with Crippen molar-refractivity contribution < 1.29 is 4.74 Å². The van der Waals surface area contributed by atoms with Crippen molar-refractivity contribution in [1.29, 1.82) is 0 Å². The van der Waals surface area contributed by atoms with Gasteiger partial charge < -0.3 is 25.2 Å². The molecule has 9 nitrogen and oxygen atoms in total. The van der Waals surface area contributed by atoms with Crippen molar-refractivity contribution in [1.82, 2.24) is 30.5 Å². The molecule has 2 N–H and O–H groups in total. The Balaban J connectivity index is 0.00000267. The number of hydrogen-bond donors (Lipinski definition) is 2. The van der Waals surface area contributed by atoms with Gasteiger partial charge in [0.25, 0.3) is 0 Å². The van der Waals surface area contributed by atoms with Gasteiger partial charge in [0.15, 0.2) is 0 Å². The molecule has 0 saturated carbocycles. The Hall–Kier alpha value is -1.55. The van der Waals surface area contributed by atoms with Crippen molar-refractivity contribution in [2.45, 2.75) is 137 Å². The molecule has 1 aromatic heterocycles. The molecule has 3 aliphatic heterocycles. The van der Waals surface area contributed by atoms with E-state index < -0.39 is 0 Å². The Morgan fingerprint density at radius 3 is 1.72 bits per heavy atom. The molecule has 0 unspecified atom stereocenters. The molecular formula is C30H60N8O. The minimum Gasteiger partial charge on any atom is -0.378 e. The normalized spacial score (nSPS) is 24.5. The first-order chi connectivity index (χ1) is 17.0. The first-order valence-corrected chi connectivity index (χ1v) is 14.1. The third kappa shape index (κ3) is 8.72. The van der Waals surface area contributed by atoms with E-state index in [-0.39, 0.29) is 37.0 Å². The van der Waals surface area contributed by atoms with Crippen LogP contribution >= 0.6 is 0 Å². The van der Waals surface area contributed by atoms with Crippen LogP contribution in [0.3, 0.4) is 0 Å². The smallest absolute Gasteiger partial charge is 0.231 e. The number of hydrogen-bond acceptors (Lipinski definition) is 9. The molecule has 9 heteroatoms. The van der Waals surface area contributed by atoms with E-state index in [9.17, 15) is 0 Å². The molecule has 39 heavy (non-hydrogen) atoms. The lowest BCUT2D eigenvalue weighted by atomic mass is 9.78. The van der Waals surface area contributed by atoms with Crippen LogP contribution in [0.25, 0.3) is 0 Å². The highest BCUT2D eigenvalue weighted by atomic mass is 16.5. The highest BCUT2D eigenvalue weighted by molar-refractivity contribution is 5.41. The third-order valence-corrected chi connectivity index (χ3v) is 8.05. The van der Waals surface area contributed by atoms with Crippen molar-refractivity contribution in [2.75, 3.05) is 49.8 Å². The topological polar surface area (TPSA) is 81.7 Å². The molecule has 3 fully saturated rings. The zero-order chi connectivity index (χ0) is 27.2. The molecular weight excluding hydrogens is 488 g/mol. The number of piperidine rings is 2. The van der Waals surface area contributed by atoms with Crippen LogP contribution < -0.4 is 20.4 Å². The van der Waals surface area contributed by atoms with Crippen molar-refractivity contribution >= 4 is 11.9 Å². The number of aryl methyl sites for hydroxylation is 1. The number of anilines is 2. The maximum atomic E-state index is 5.58. The summed E-state index contributed by atoms with van der Waals surface area (Å²) in [6, 6.07) is 0.786. The second kappa shape index (κ2) is 12.1. The molecule has 3 saturated heterocycles. The fourth-order valence-electron chi connectivity index (χ4n) is 7.25. The standard InChI is InChI=1S/C28H52N8O.2CH4/c1-20-29-23(35-11-13-37-14-12-35)31-24(30-20)36(22-17-27(6,7)33-28(8,9)18-22)19-34(10)21-15-25(2,3)32-26(4,5)16-21;;/h21-22,32-33H,11-19H2,1-10H3;2*1H4. The summed E-state index contributed by atoms with van der Waals surface area (Å²) in [4.78, 5) is 22.0. The Kier molecular flexibility index (Phi) is 10.5. The predicted molar refractivity (Wildman–Crippen MR) is 165 cm³/mol. The average Bonchev–Trinajstić information content (AvgIpc) is 2.73. The SMILES string of the molecule is C.C.Cc1nc(N2CCOCC2)nc(N(CN(C)C2CC(C)(C)NC(C)(C)C2)C2CC(C)(C)NC(C)(C)C2)n1. The molecule has 0 spiro atoms. The summed E-state index contributed by atoms with van der Waals surface area (Å²) >= 11 is 0. The quantitative estimate of drug-likeness (QED) is 0.496. The van der Waals surface area contributed by atoms with Crippen LogP contribution in [0.2, 0.25) is 0 Å². The Morgan fingerprint density at radius 2 is 1.23 bits per heavy atom. The minimum atomic E-state index is 0. The molecule has 0 bridgehead atoms. The molecule has 3 aliphatic rings. The lowest BCUT2D eigenvalue weighted by molar-refractivity contribution is 0.0757. The van der Waals surface area contributed by atoms with Gasteiger partial charge >= 0.3 is 0 Å². The number of nitrogens with zero attached hydrogens (tertiary/aromatic N) is 6. The van der Waals surface area contributed by atoms with Gasteiger partial charge in [0.2, 0.25) is 11.9 Å². The number of nitrogens with one attached hydrogen (secondary N) is 2. The van der Waals surface area contributed by atoms with Crippen LogP contribution in [0.15, 0.2) is 0 Å². The van der Waals surface area contributed by atoms with Crippen molar-refractivity contribution in [3.63, 3.8) is 0 Å². The largest absolute Gasteiger partial charge is 0.378 e. The first-order valence-electron chi connectivity index (χ1n) is 14.1. The summed E-state index contributed by atoms with van der Waals surface area (Å²) in [6.07, 6.45) is 4.29. The minimum absolute atomic E-state index is 0. The fourth-order valence-corrected chi connectivity index (χ4v) is 7.25. The van der Waals surface area contributed by atoms with Crippen molar-refractivity contribution in [2.24, 2.45) is 0 Å². The summed E-state index contributed by atoms with van der Waals surface area (Å²) in [5.41, 5.74) is 0.239. The molecule has 1 aromatic rings. The Morgan fingerprint density at radius 1 is 0.769 bits per heavy atom. The highest BCUT2D eigenvalue weighted by Gasteiger charge is 2.43. The van der Waals surface area contributed by atoms with E-state index in [1.165, 1.54) is 0 Å². The second-order valence-electron chi connectivity index (χ2n) is 14.4. The molecule has 0 atom stereocenters. The summed E-state index contributed by atoms with van der Waals surface area (Å²) in [5.74, 6) is 2.34. The predicted octanol–water partition coefficient (Wildman–Crippen LogP) is 4.60. The van der Waals surface area contributed by atoms with Crippen LogP contribution in [0.5, 0.6) is 0 Å². The van der Waals surface area contributed by atoms with Gasteiger partial charge in [0.05, 0.1) is 19.9 Å². The van der Waals surface area contributed by atoms with Crippen molar-refractivity contribution in [3.8, 4) is 0 Å². The second-order valence-corrected chi connectivity index (χ2v) is 14.4. The monoisotopic (exact) mass is 548 g/mol.